The number of amides is 1. The van der Waals surface area contributed by atoms with Crippen molar-refractivity contribution in [3.05, 3.63) is 72.8 Å². The molecular formula is C21H16N6O. The number of hydrogen-bond donors (Lipinski definition) is 2. The molecule has 7 heteroatoms. The first kappa shape index (κ1) is 16.2. The molecule has 0 saturated heterocycles. The monoisotopic (exact) mass is 368 g/mol. The van der Waals surface area contributed by atoms with Crippen LogP contribution in [-0.4, -0.2) is 30.6 Å². The molecule has 2 N–H and O–H groups in total. The maximum atomic E-state index is 12.3. The van der Waals surface area contributed by atoms with Crippen LogP contribution in [0.1, 0.15) is 10.6 Å². The fourth-order valence-electron chi connectivity index (χ4n) is 3.35. The number of rotatable bonds is 3. The topological polar surface area (TPSA) is 88.5 Å². The lowest BCUT2D eigenvalue weighted by Gasteiger charge is -2.04. The van der Waals surface area contributed by atoms with Crippen LogP contribution in [-0.2, 0) is 7.05 Å². The number of aryl methyl sites for hydroxylation is 1. The fourth-order valence-corrected chi connectivity index (χ4v) is 3.35. The van der Waals surface area contributed by atoms with Crippen molar-refractivity contribution in [3.63, 3.8) is 0 Å². The van der Waals surface area contributed by atoms with Crippen molar-refractivity contribution in [1.29, 1.82) is 0 Å². The zero-order valence-corrected chi connectivity index (χ0v) is 15.0. The molecule has 0 unspecified atom stereocenters. The number of hydrogen-bond acceptors (Lipinski definition) is 4. The Hall–Kier alpha value is -4.00. The van der Waals surface area contributed by atoms with Gasteiger partial charge in [0.25, 0.3) is 5.91 Å². The van der Waals surface area contributed by atoms with Gasteiger partial charge in [-0.1, -0.05) is 42.5 Å². The average molecular weight is 368 g/mol. The Morgan fingerprint density at radius 3 is 2.75 bits per heavy atom. The molecular weight excluding hydrogens is 352 g/mol. The van der Waals surface area contributed by atoms with Crippen LogP contribution in [0.3, 0.4) is 0 Å². The van der Waals surface area contributed by atoms with Crippen LogP contribution in [0, 0.1) is 0 Å². The Morgan fingerprint density at radius 2 is 1.89 bits per heavy atom. The van der Waals surface area contributed by atoms with E-state index in [-0.39, 0.29) is 11.7 Å². The molecule has 5 aromatic rings. The third-order valence-corrected chi connectivity index (χ3v) is 4.72. The smallest absolute Gasteiger partial charge is 0.294 e. The van der Waals surface area contributed by atoms with Crippen molar-refractivity contribution in [1.82, 2.24) is 24.7 Å². The Bertz CT molecular complexity index is 1330. The largest absolute Gasteiger partial charge is 0.339 e. The van der Waals surface area contributed by atoms with Crippen molar-refractivity contribution < 1.29 is 4.79 Å². The Kier molecular flexibility index (Phi) is 3.65. The molecule has 0 fully saturated rings. The van der Waals surface area contributed by atoms with E-state index in [0.29, 0.717) is 11.5 Å². The van der Waals surface area contributed by atoms with Crippen LogP contribution < -0.4 is 5.32 Å². The number of pyridine rings is 1. The van der Waals surface area contributed by atoms with Crippen molar-refractivity contribution in [2.75, 3.05) is 5.32 Å². The van der Waals surface area contributed by atoms with E-state index in [1.165, 1.54) is 21.8 Å². The third-order valence-electron chi connectivity index (χ3n) is 4.72. The predicted molar refractivity (Wildman–Crippen MR) is 108 cm³/mol. The standard InChI is InChI=1S/C21H16N6O/c1-27-20(22-12-23-27)21(28)26-18-10-9-14-11-17(24-19(14)25-18)16-8-4-6-13-5-2-3-7-15(13)16/h2-12H,1H3,(H2,24,25,26,28). The SMILES string of the molecule is Cn1ncnc1C(=O)Nc1ccc2cc(-c3cccc4ccccc34)[nH]c2n1. The van der Waals surface area contributed by atoms with E-state index >= 15 is 0 Å². The summed E-state index contributed by atoms with van der Waals surface area (Å²) in [5.41, 5.74) is 2.80. The highest BCUT2D eigenvalue weighted by Crippen LogP contribution is 2.30. The van der Waals surface area contributed by atoms with Crippen LogP contribution in [0.2, 0.25) is 0 Å². The predicted octanol–water partition coefficient (Wildman–Crippen LogP) is 3.76. The molecule has 0 aliphatic rings. The molecule has 2 aromatic carbocycles. The highest BCUT2D eigenvalue weighted by molar-refractivity contribution is 6.02. The van der Waals surface area contributed by atoms with E-state index in [4.69, 9.17) is 0 Å². The number of benzene rings is 2. The minimum atomic E-state index is -0.354. The van der Waals surface area contributed by atoms with E-state index in [2.05, 4.69) is 55.7 Å². The van der Waals surface area contributed by atoms with Gasteiger partial charge in [0.1, 0.15) is 17.8 Å². The first-order valence-electron chi connectivity index (χ1n) is 8.82. The van der Waals surface area contributed by atoms with Gasteiger partial charge in [0, 0.05) is 23.7 Å². The molecule has 1 amide bonds. The summed E-state index contributed by atoms with van der Waals surface area (Å²) in [6.45, 7) is 0. The van der Waals surface area contributed by atoms with Crippen LogP contribution in [0.5, 0.6) is 0 Å². The molecule has 136 valence electrons. The second-order valence-corrected chi connectivity index (χ2v) is 6.51. The Labute approximate surface area is 160 Å². The number of fused-ring (bicyclic) bond motifs is 2. The van der Waals surface area contributed by atoms with Gasteiger partial charge in [0.15, 0.2) is 0 Å². The lowest BCUT2D eigenvalue weighted by molar-refractivity contribution is 0.101. The van der Waals surface area contributed by atoms with Crippen molar-refractivity contribution in [3.8, 4) is 11.3 Å². The van der Waals surface area contributed by atoms with E-state index in [1.807, 2.05) is 24.3 Å². The third kappa shape index (κ3) is 2.69. The molecule has 0 aliphatic heterocycles. The van der Waals surface area contributed by atoms with Gasteiger partial charge in [0.05, 0.1) is 0 Å². The van der Waals surface area contributed by atoms with Gasteiger partial charge in [-0.15, -0.1) is 0 Å². The summed E-state index contributed by atoms with van der Waals surface area (Å²) in [7, 11) is 1.67. The van der Waals surface area contributed by atoms with Gasteiger partial charge in [0.2, 0.25) is 5.82 Å². The van der Waals surface area contributed by atoms with Crippen molar-refractivity contribution >= 4 is 33.5 Å². The number of aromatic amines is 1. The second kappa shape index (κ2) is 6.31. The van der Waals surface area contributed by atoms with Gasteiger partial charge >= 0.3 is 0 Å². The number of carbonyl (C=O) groups excluding carboxylic acids is 1. The maximum Gasteiger partial charge on any atom is 0.294 e. The summed E-state index contributed by atoms with van der Waals surface area (Å²) in [4.78, 5) is 24.2. The van der Waals surface area contributed by atoms with Crippen LogP contribution in [0.4, 0.5) is 5.82 Å². The lowest BCUT2D eigenvalue weighted by atomic mass is 10.0. The summed E-state index contributed by atoms with van der Waals surface area (Å²) < 4.78 is 1.42. The number of nitrogens with one attached hydrogen (secondary N) is 2. The molecule has 0 atom stereocenters. The molecule has 3 aromatic heterocycles. The molecule has 28 heavy (non-hydrogen) atoms. The highest BCUT2D eigenvalue weighted by Gasteiger charge is 2.14. The fraction of sp³-hybridized carbons (Fsp3) is 0.0476. The van der Waals surface area contributed by atoms with Gasteiger partial charge in [-0.25, -0.2) is 14.6 Å². The number of nitrogens with zero attached hydrogens (tertiary/aromatic N) is 4. The Morgan fingerprint density at radius 1 is 1.04 bits per heavy atom. The molecule has 0 radical (unpaired) electrons. The van der Waals surface area contributed by atoms with Crippen LogP contribution in [0.15, 0.2) is 67.0 Å². The summed E-state index contributed by atoms with van der Waals surface area (Å²) in [6.07, 6.45) is 1.34. The Balaban J connectivity index is 1.52. The summed E-state index contributed by atoms with van der Waals surface area (Å²) in [6, 6.07) is 20.3. The molecule has 0 spiro atoms. The summed E-state index contributed by atoms with van der Waals surface area (Å²) >= 11 is 0. The average Bonchev–Trinajstić information content (AvgIpc) is 3.33. The minimum Gasteiger partial charge on any atom is -0.339 e. The lowest BCUT2D eigenvalue weighted by Crippen LogP contribution is -2.18. The van der Waals surface area contributed by atoms with Gasteiger partial charge in [-0.2, -0.15) is 5.10 Å². The first-order valence-corrected chi connectivity index (χ1v) is 8.82. The second-order valence-electron chi connectivity index (χ2n) is 6.51. The summed E-state index contributed by atoms with van der Waals surface area (Å²) in [5, 5.41) is 10.0. The normalized spacial score (nSPS) is 11.2. The van der Waals surface area contributed by atoms with Gasteiger partial charge < -0.3 is 10.3 Å². The van der Waals surface area contributed by atoms with E-state index < -0.39 is 0 Å². The van der Waals surface area contributed by atoms with E-state index in [0.717, 1.165) is 16.6 Å². The molecule has 0 bridgehead atoms. The minimum absolute atomic E-state index is 0.227. The number of anilines is 1. The molecule has 0 saturated carbocycles. The summed E-state index contributed by atoms with van der Waals surface area (Å²) in [5.74, 6) is 0.323. The van der Waals surface area contributed by atoms with Crippen molar-refractivity contribution in [2.24, 2.45) is 7.05 Å². The molecule has 0 aliphatic carbocycles. The van der Waals surface area contributed by atoms with Gasteiger partial charge in [-0.3, -0.25) is 4.79 Å². The van der Waals surface area contributed by atoms with Crippen molar-refractivity contribution in [2.45, 2.75) is 0 Å². The molecule has 5 rings (SSSR count). The van der Waals surface area contributed by atoms with E-state index in [9.17, 15) is 4.79 Å². The zero-order chi connectivity index (χ0) is 19.1. The number of carbonyl (C=O) groups is 1. The van der Waals surface area contributed by atoms with E-state index in [1.54, 1.807) is 13.1 Å². The quantitative estimate of drug-likeness (QED) is 0.507. The number of aromatic nitrogens is 5. The van der Waals surface area contributed by atoms with Gasteiger partial charge in [-0.05, 0) is 29.0 Å². The van der Waals surface area contributed by atoms with Crippen LogP contribution in [0.25, 0.3) is 33.1 Å². The highest BCUT2D eigenvalue weighted by atomic mass is 16.2. The first-order chi connectivity index (χ1) is 13.7. The number of H-pyrrole nitrogens is 1. The molecule has 3 heterocycles. The maximum absolute atomic E-state index is 12.3. The van der Waals surface area contributed by atoms with Crippen LogP contribution >= 0.6 is 0 Å². The zero-order valence-electron chi connectivity index (χ0n) is 15.0. The molecule has 7 nitrogen and oxygen atoms in total.